The van der Waals surface area contributed by atoms with E-state index in [2.05, 4.69) is 0 Å². The van der Waals surface area contributed by atoms with Gasteiger partial charge in [0.15, 0.2) is 4.32 Å². The second-order valence-electron chi connectivity index (χ2n) is 10.9. The van der Waals surface area contributed by atoms with Gasteiger partial charge in [-0.1, -0.05) is 90.7 Å². The van der Waals surface area contributed by atoms with E-state index in [1.165, 1.54) is 16.7 Å². The van der Waals surface area contributed by atoms with Gasteiger partial charge in [0.2, 0.25) is 0 Å². The predicted octanol–water partition coefficient (Wildman–Crippen LogP) is 7.32. The maximum Gasteiger partial charge on any atom is 0.296 e. The lowest BCUT2D eigenvalue weighted by Crippen LogP contribution is -2.33. The normalized spacial score (nSPS) is 13.9. The Morgan fingerprint density at radius 2 is 1.45 bits per heavy atom. The molecule has 0 radical (unpaired) electrons. The molecule has 0 unspecified atom stereocenters. The Kier molecular flexibility index (Phi) is 8.19. The molecule has 1 fully saturated rings. The number of carbonyl (C=O) groups excluding carboxylic acids is 1. The standard InChI is InChI=1S/C37H29N5O3S2/c1-25-34(36(44)42(39(25)2)30-16-10-5-11-17-30)41-35(43)32(47-37(41)46)22-28-23-40(29-14-8-4-9-15-29)38-33(28)27-18-20-31(21-19-27)45-24-26-12-6-3-7-13-26/h3-23H,24H2,1-2H3. The van der Waals surface area contributed by atoms with Gasteiger partial charge in [-0.25, -0.2) is 9.36 Å². The van der Waals surface area contributed by atoms with Gasteiger partial charge in [-0.3, -0.25) is 19.2 Å². The zero-order chi connectivity index (χ0) is 32.5. The minimum atomic E-state index is -0.353. The summed E-state index contributed by atoms with van der Waals surface area (Å²) in [5, 5.41) is 4.92. The number of rotatable bonds is 8. The Morgan fingerprint density at radius 3 is 2.11 bits per heavy atom. The predicted molar refractivity (Wildman–Crippen MR) is 191 cm³/mol. The molecule has 47 heavy (non-hydrogen) atoms. The first-order valence-corrected chi connectivity index (χ1v) is 16.2. The van der Waals surface area contributed by atoms with Crippen molar-refractivity contribution in [2.24, 2.45) is 7.05 Å². The van der Waals surface area contributed by atoms with Gasteiger partial charge in [0, 0.05) is 24.4 Å². The molecular weight excluding hydrogens is 627 g/mol. The molecule has 1 aliphatic heterocycles. The summed E-state index contributed by atoms with van der Waals surface area (Å²) >= 11 is 6.87. The van der Waals surface area contributed by atoms with Crippen molar-refractivity contribution in [3.63, 3.8) is 0 Å². The number of hydrogen-bond acceptors (Lipinski definition) is 6. The summed E-state index contributed by atoms with van der Waals surface area (Å²) < 4.78 is 11.4. The topological polar surface area (TPSA) is 74.3 Å². The van der Waals surface area contributed by atoms with Crippen LogP contribution in [0.25, 0.3) is 28.7 Å². The Labute approximate surface area is 281 Å². The number of para-hydroxylation sites is 2. The highest BCUT2D eigenvalue weighted by Crippen LogP contribution is 2.38. The lowest BCUT2D eigenvalue weighted by molar-refractivity contribution is -0.113. The van der Waals surface area contributed by atoms with Crippen LogP contribution in [0.5, 0.6) is 5.75 Å². The fraction of sp³-hybridized carbons (Fsp3) is 0.0811. The fourth-order valence-corrected chi connectivity index (χ4v) is 6.76. The zero-order valence-electron chi connectivity index (χ0n) is 25.6. The second kappa shape index (κ2) is 12.7. The van der Waals surface area contributed by atoms with Crippen LogP contribution in [0, 0.1) is 6.92 Å². The molecule has 8 nitrogen and oxygen atoms in total. The lowest BCUT2D eigenvalue weighted by Gasteiger charge is -2.12. The van der Waals surface area contributed by atoms with Crippen molar-refractivity contribution >= 4 is 46.0 Å². The van der Waals surface area contributed by atoms with Crippen LogP contribution in [0.4, 0.5) is 5.69 Å². The number of anilines is 1. The van der Waals surface area contributed by atoms with Gasteiger partial charge in [-0.2, -0.15) is 5.10 Å². The number of thioether (sulfide) groups is 1. The zero-order valence-corrected chi connectivity index (χ0v) is 27.2. The van der Waals surface area contributed by atoms with Crippen molar-refractivity contribution in [1.82, 2.24) is 19.1 Å². The molecule has 1 saturated heterocycles. The first-order valence-electron chi connectivity index (χ1n) is 14.9. The molecule has 1 amide bonds. The van der Waals surface area contributed by atoms with E-state index >= 15 is 0 Å². The molecule has 0 saturated carbocycles. The molecule has 4 aromatic carbocycles. The minimum absolute atomic E-state index is 0.244. The summed E-state index contributed by atoms with van der Waals surface area (Å²) in [4.78, 5) is 29.5. The molecule has 232 valence electrons. The van der Waals surface area contributed by atoms with Gasteiger partial charge in [0.05, 0.1) is 27.7 Å². The van der Waals surface area contributed by atoms with Gasteiger partial charge >= 0.3 is 0 Å². The van der Waals surface area contributed by atoms with Crippen molar-refractivity contribution in [2.45, 2.75) is 13.5 Å². The largest absolute Gasteiger partial charge is 0.489 e. The molecule has 0 spiro atoms. The molecule has 10 heteroatoms. The molecular formula is C37H29N5O3S2. The van der Waals surface area contributed by atoms with Gasteiger partial charge < -0.3 is 4.74 Å². The summed E-state index contributed by atoms with van der Waals surface area (Å²) in [5.41, 5.74) is 5.50. The smallest absolute Gasteiger partial charge is 0.296 e. The quantitative estimate of drug-likeness (QED) is 0.126. The van der Waals surface area contributed by atoms with Crippen molar-refractivity contribution in [3.05, 3.63) is 154 Å². The summed E-state index contributed by atoms with van der Waals surface area (Å²) in [6.07, 6.45) is 3.70. The summed E-state index contributed by atoms with van der Waals surface area (Å²) in [6.45, 7) is 2.28. The Hall–Kier alpha value is -5.45. The van der Waals surface area contributed by atoms with Crippen LogP contribution < -0.4 is 15.2 Å². The first kappa shape index (κ1) is 30.2. The fourth-order valence-electron chi connectivity index (χ4n) is 5.49. The highest BCUT2D eigenvalue weighted by atomic mass is 32.2. The molecule has 1 aliphatic rings. The van der Waals surface area contributed by atoms with Crippen molar-refractivity contribution < 1.29 is 9.53 Å². The number of ether oxygens (including phenoxy) is 1. The van der Waals surface area contributed by atoms with E-state index in [1.54, 1.807) is 27.2 Å². The maximum atomic E-state index is 14.0. The van der Waals surface area contributed by atoms with E-state index in [4.69, 9.17) is 22.1 Å². The summed E-state index contributed by atoms with van der Waals surface area (Å²) in [5.74, 6) is 0.385. The number of aromatic nitrogens is 4. The third-order valence-corrected chi connectivity index (χ3v) is 9.27. The van der Waals surface area contributed by atoms with E-state index in [-0.39, 0.29) is 17.2 Å². The SMILES string of the molecule is Cc1c(N2C(=O)C(=Cc3cn(-c4ccccc4)nc3-c3ccc(OCc4ccccc4)cc3)SC2=S)c(=O)n(-c2ccccc2)n1C. The van der Waals surface area contributed by atoms with Crippen LogP contribution in [-0.4, -0.2) is 29.4 Å². The number of carbonyl (C=O) groups is 1. The van der Waals surface area contributed by atoms with Crippen LogP contribution in [0.2, 0.25) is 0 Å². The van der Waals surface area contributed by atoms with Gasteiger partial charge in [-0.05, 0) is 67.1 Å². The number of amides is 1. The molecule has 3 heterocycles. The molecule has 0 bridgehead atoms. The number of thiocarbonyl (C=S) groups is 1. The number of benzene rings is 4. The van der Waals surface area contributed by atoms with Crippen LogP contribution in [-0.2, 0) is 18.4 Å². The van der Waals surface area contributed by atoms with Crippen molar-refractivity contribution in [2.75, 3.05) is 4.90 Å². The average molecular weight is 656 g/mol. The first-order chi connectivity index (χ1) is 22.9. The van der Waals surface area contributed by atoms with E-state index in [0.29, 0.717) is 32.9 Å². The molecule has 0 aliphatic carbocycles. The Balaban J connectivity index is 1.23. The molecule has 0 atom stereocenters. The summed E-state index contributed by atoms with van der Waals surface area (Å²) in [7, 11) is 1.79. The van der Waals surface area contributed by atoms with Crippen LogP contribution in [0.3, 0.4) is 0 Å². The van der Waals surface area contributed by atoms with E-state index < -0.39 is 0 Å². The highest BCUT2D eigenvalue weighted by molar-refractivity contribution is 8.27. The Bertz CT molecular complexity index is 2190. The minimum Gasteiger partial charge on any atom is -0.489 e. The third-order valence-electron chi connectivity index (χ3n) is 7.97. The van der Waals surface area contributed by atoms with Gasteiger partial charge in [-0.15, -0.1) is 0 Å². The Morgan fingerprint density at radius 1 is 0.830 bits per heavy atom. The maximum absolute atomic E-state index is 14.0. The molecule has 0 N–H and O–H groups in total. The molecule has 7 rings (SSSR count). The van der Waals surface area contributed by atoms with Gasteiger partial charge in [0.25, 0.3) is 11.5 Å². The van der Waals surface area contributed by atoms with Crippen LogP contribution in [0.1, 0.15) is 16.8 Å². The third kappa shape index (κ3) is 5.84. The average Bonchev–Trinajstić information content (AvgIpc) is 3.72. The monoisotopic (exact) mass is 655 g/mol. The van der Waals surface area contributed by atoms with Crippen LogP contribution >= 0.6 is 24.0 Å². The van der Waals surface area contributed by atoms with Crippen molar-refractivity contribution in [3.8, 4) is 28.4 Å². The molecule has 6 aromatic rings. The second-order valence-corrected chi connectivity index (χ2v) is 12.6. The van der Waals surface area contributed by atoms with E-state index in [1.807, 2.05) is 128 Å². The number of hydrogen-bond donors (Lipinski definition) is 0. The van der Waals surface area contributed by atoms with Crippen molar-refractivity contribution in [1.29, 1.82) is 0 Å². The molecule has 2 aromatic heterocycles. The van der Waals surface area contributed by atoms with Crippen LogP contribution in [0.15, 0.2) is 131 Å². The summed E-state index contributed by atoms with van der Waals surface area (Å²) in [6, 6.07) is 36.9. The highest BCUT2D eigenvalue weighted by Gasteiger charge is 2.38. The lowest BCUT2D eigenvalue weighted by atomic mass is 10.1. The van der Waals surface area contributed by atoms with E-state index in [0.717, 1.165) is 28.1 Å². The van der Waals surface area contributed by atoms with E-state index in [9.17, 15) is 9.59 Å². The number of nitrogens with zero attached hydrogens (tertiary/aromatic N) is 5. The van der Waals surface area contributed by atoms with Gasteiger partial charge in [0.1, 0.15) is 18.0 Å².